The Bertz CT molecular complexity index is 1100. The zero-order valence-corrected chi connectivity index (χ0v) is 19.2. The zero-order chi connectivity index (χ0) is 22.1. The van der Waals surface area contributed by atoms with Crippen molar-refractivity contribution in [1.29, 1.82) is 0 Å². The number of aromatic nitrogens is 2. The first kappa shape index (κ1) is 21.6. The van der Waals surface area contributed by atoms with Crippen LogP contribution in [0.3, 0.4) is 0 Å². The van der Waals surface area contributed by atoms with Gasteiger partial charge >= 0.3 is 0 Å². The number of benzene rings is 1. The van der Waals surface area contributed by atoms with Crippen LogP contribution in [0.1, 0.15) is 34.7 Å². The van der Waals surface area contributed by atoms with E-state index in [2.05, 4.69) is 21.3 Å². The van der Waals surface area contributed by atoms with Crippen molar-refractivity contribution in [2.24, 2.45) is 0 Å². The molecule has 2 N–H and O–H groups in total. The van der Waals surface area contributed by atoms with Crippen molar-refractivity contribution in [2.45, 2.75) is 25.9 Å². The summed E-state index contributed by atoms with van der Waals surface area (Å²) in [7, 11) is 1.69. The first-order valence-electron chi connectivity index (χ1n) is 10.1. The van der Waals surface area contributed by atoms with E-state index in [1.165, 1.54) is 0 Å². The summed E-state index contributed by atoms with van der Waals surface area (Å²) in [6.07, 6.45) is 1.79. The maximum absolute atomic E-state index is 10.5. The van der Waals surface area contributed by atoms with Crippen LogP contribution in [0.15, 0.2) is 48.7 Å². The van der Waals surface area contributed by atoms with Crippen LogP contribution in [0.4, 0.5) is 0 Å². The van der Waals surface area contributed by atoms with Gasteiger partial charge in [0.1, 0.15) is 5.75 Å². The Morgan fingerprint density at radius 1 is 1.23 bits per heavy atom. The number of nitrogens with one attached hydrogen (secondary N) is 1. The third kappa shape index (κ3) is 4.01. The topological polar surface area (TPSA) is 62.5 Å². The normalized spacial score (nSPS) is 18.5. The van der Waals surface area contributed by atoms with Gasteiger partial charge < -0.3 is 24.6 Å². The molecular weight excluding hydrogens is 432 g/mol. The van der Waals surface area contributed by atoms with Gasteiger partial charge in [0.25, 0.3) is 0 Å². The van der Waals surface area contributed by atoms with E-state index in [9.17, 15) is 5.11 Å². The van der Waals surface area contributed by atoms with Crippen molar-refractivity contribution in [1.82, 2.24) is 19.8 Å². The summed E-state index contributed by atoms with van der Waals surface area (Å²) in [5.41, 5.74) is 4.69. The van der Waals surface area contributed by atoms with E-state index in [4.69, 9.17) is 28.6 Å². The second-order valence-corrected chi connectivity index (χ2v) is 8.43. The number of phenolic OH excluding ortho intramolecular Hbond substituents is 1. The summed E-state index contributed by atoms with van der Waals surface area (Å²) in [5, 5.41) is 15.2. The molecule has 1 saturated heterocycles. The molecule has 1 aliphatic heterocycles. The summed E-state index contributed by atoms with van der Waals surface area (Å²) in [5.74, 6) is 0.176. The molecule has 0 amide bonds. The third-order valence-electron chi connectivity index (χ3n) is 5.70. The van der Waals surface area contributed by atoms with Crippen LogP contribution in [-0.4, -0.2) is 44.9 Å². The molecule has 2 aromatic heterocycles. The molecule has 0 saturated carbocycles. The van der Waals surface area contributed by atoms with Crippen LogP contribution >= 0.6 is 23.8 Å². The van der Waals surface area contributed by atoms with Crippen molar-refractivity contribution >= 4 is 28.9 Å². The molecule has 3 heterocycles. The lowest BCUT2D eigenvalue weighted by Crippen LogP contribution is -2.32. The lowest BCUT2D eigenvalue weighted by molar-refractivity contribution is 0.164. The Balaban J connectivity index is 1.84. The standard InChI is InChI=1S/C23H25ClN4O2S/c1-14-12-17(15(2)28(14)19-13-16(24)7-8-20(19)29)22-21(18-6-4-5-9-25-18)26-23(31)27(22)10-11-30-3/h4-9,12-13,21-22,29H,10-11H2,1-3H3,(H,26,31)/t21-,22+/m0/s1. The van der Waals surface area contributed by atoms with Gasteiger partial charge in [0.15, 0.2) is 5.11 Å². The molecule has 2 atom stereocenters. The molecule has 0 radical (unpaired) electrons. The average molecular weight is 457 g/mol. The Hall–Kier alpha value is -2.61. The van der Waals surface area contributed by atoms with Gasteiger partial charge in [-0.15, -0.1) is 0 Å². The maximum Gasteiger partial charge on any atom is 0.170 e. The highest BCUT2D eigenvalue weighted by Gasteiger charge is 2.41. The number of aromatic hydroxyl groups is 1. The van der Waals surface area contributed by atoms with Crippen molar-refractivity contribution in [3.05, 3.63) is 76.3 Å². The van der Waals surface area contributed by atoms with Crippen molar-refractivity contribution in [2.75, 3.05) is 20.3 Å². The highest BCUT2D eigenvalue weighted by atomic mass is 35.5. The van der Waals surface area contributed by atoms with Crippen LogP contribution in [0, 0.1) is 13.8 Å². The van der Waals surface area contributed by atoms with Gasteiger partial charge in [-0.1, -0.05) is 17.7 Å². The van der Waals surface area contributed by atoms with Crippen molar-refractivity contribution in [3.63, 3.8) is 0 Å². The molecule has 3 aromatic rings. The number of rotatable bonds is 6. The number of thiocarbonyl (C=S) groups is 1. The van der Waals surface area contributed by atoms with Gasteiger partial charge in [0.05, 0.1) is 30.1 Å². The molecule has 8 heteroatoms. The summed E-state index contributed by atoms with van der Waals surface area (Å²) >= 11 is 11.9. The minimum absolute atomic E-state index is 0.0705. The second kappa shape index (κ2) is 8.86. The molecule has 31 heavy (non-hydrogen) atoms. The van der Waals surface area contributed by atoms with Crippen LogP contribution in [-0.2, 0) is 4.74 Å². The first-order valence-corrected chi connectivity index (χ1v) is 10.9. The Labute approximate surface area is 192 Å². The molecule has 4 rings (SSSR count). The van der Waals surface area contributed by atoms with Gasteiger partial charge in [-0.3, -0.25) is 4.98 Å². The van der Waals surface area contributed by atoms with Gasteiger partial charge in [0.2, 0.25) is 0 Å². The van der Waals surface area contributed by atoms with Crippen LogP contribution in [0.2, 0.25) is 5.02 Å². The molecule has 0 bridgehead atoms. The van der Waals surface area contributed by atoms with E-state index < -0.39 is 0 Å². The van der Waals surface area contributed by atoms with E-state index in [-0.39, 0.29) is 17.8 Å². The van der Waals surface area contributed by atoms with E-state index >= 15 is 0 Å². The first-order chi connectivity index (χ1) is 14.9. The summed E-state index contributed by atoms with van der Waals surface area (Å²) < 4.78 is 7.37. The fraction of sp³-hybridized carbons (Fsp3) is 0.304. The number of ether oxygens (including phenoxy) is 1. The molecule has 1 aliphatic rings. The van der Waals surface area contributed by atoms with E-state index in [0.29, 0.717) is 29.0 Å². The van der Waals surface area contributed by atoms with Crippen molar-refractivity contribution in [3.8, 4) is 11.4 Å². The number of hydrogen-bond acceptors (Lipinski definition) is 4. The summed E-state index contributed by atoms with van der Waals surface area (Å²) in [4.78, 5) is 6.74. The lowest BCUT2D eigenvalue weighted by Gasteiger charge is -2.28. The predicted molar refractivity (Wildman–Crippen MR) is 126 cm³/mol. The molecule has 6 nitrogen and oxygen atoms in total. The largest absolute Gasteiger partial charge is 0.506 e. The third-order valence-corrected chi connectivity index (χ3v) is 6.29. The Morgan fingerprint density at radius 2 is 2.03 bits per heavy atom. The smallest absolute Gasteiger partial charge is 0.170 e. The quantitative estimate of drug-likeness (QED) is 0.534. The SMILES string of the molecule is COCCN1C(=S)N[C@@H](c2ccccn2)[C@H]1c1cc(C)n(-c2cc(Cl)ccc2O)c1C. The minimum Gasteiger partial charge on any atom is -0.506 e. The molecule has 0 aliphatic carbocycles. The predicted octanol–water partition coefficient (Wildman–Crippen LogP) is 4.47. The molecule has 162 valence electrons. The summed E-state index contributed by atoms with van der Waals surface area (Å²) in [6.45, 7) is 5.28. The lowest BCUT2D eigenvalue weighted by atomic mass is 9.97. The number of hydrogen-bond donors (Lipinski definition) is 2. The van der Waals surface area contributed by atoms with Crippen molar-refractivity contribution < 1.29 is 9.84 Å². The molecule has 1 fully saturated rings. The highest BCUT2D eigenvalue weighted by molar-refractivity contribution is 7.80. The fourth-order valence-electron chi connectivity index (χ4n) is 4.31. The minimum atomic E-state index is -0.104. The van der Waals surface area contributed by atoms with Crippen LogP contribution in [0.5, 0.6) is 5.75 Å². The van der Waals surface area contributed by atoms with E-state index in [1.807, 2.05) is 36.6 Å². The van der Waals surface area contributed by atoms with Gasteiger partial charge in [-0.05, 0) is 68.0 Å². The monoisotopic (exact) mass is 456 g/mol. The van der Waals surface area contributed by atoms with Gasteiger partial charge in [-0.25, -0.2) is 0 Å². The van der Waals surface area contributed by atoms with Gasteiger partial charge in [0, 0.05) is 36.3 Å². The molecule has 0 spiro atoms. The average Bonchev–Trinajstić information content (AvgIpc) is 3.24. The Morgan fingerprint density at radius 3 is 2.74 bits per heavy atom. The molecule has 0 unspecified atom stereocenters. The molecule has 1 aromatic carbocycles. The number of phenols is 1. The number of aryl methyl sites for hydroxylation is 1. The van der Waals surface area contributed by atoms with E-state index in [1.54, 1.807) is 31.5 Å². The van der Waals surface area contributed by atoms with E-state index in [0.717, 1.165) is 22.6 Å². The summed E-state index contributed by atoms with van der Waals surface area (Å²) in [6, 6.07) is 12.9. The van der Waals surface area contributed by atoms with Crippen LogP contribution in [0.25, 0.3) is 5.69 Å². The fourth-order valence-corrected chi connectivity index (χ4v) is 4.81. The number of halogens is 1. The molecular formula is C23H25ClN4O2S. The number of methoxy groups -OCH3 is 1. The number of pyridine rings is 1. The van der Waals surface area contributed by atoms with Crippen LogP contribution < -0.4 is 5.32 Å². The highest BCUT2D eigenvalue weighted by Crippen LogP contribution is 2.42. The maximum atomic E-state index is 10.5. The Kier molecular flexibility index (Phi) is 6.18. The zero-order valence-electron chi connectivity index (χ0n) is 17.7. The number of nitrogens with zero attached hydrogens (tertiary/aromatic N) is 3. The second-order valence-electron chi connectivity index (χ2n) is 7.61. The van der Waals surface area contributed by atoms with Gasteiger partial charge in [-0.2, -0.15) is 0 Å².